The van der Waals surface area contributed by atoms with E-state index in [2.05, 4.69) is 15.9 Å². The Labute approximate surface area is 132 Å². The van der Waals surface area contributed by atoms with E-state index in [-0.39, 0.29) is 10.5 Å². The number of sulfone groups is 1. The lowest BCUT2D eigenvalue weighted by atomic mass is 10.0. The van der Waals surface area contributed by atoms with Crippen LogP contribution in [-0.4, -0.2) is 28.6 Å². The molecule has 0 saturated carbocycles. The van der Waals surface area contributed by atoms with Gasteiger partial charge in [0.2, 0.25) is 0 Å². The summed E-state index contributed by atoms with van der Waals surface area (Å²) in [5, 5.41) is 0. The smallest absolute Gasteiger partial charge is 0.295 e. The molecule has 1 aromatic carbocycles. The number of alkyl halides is 1. The van der Waals surface area contributed by atoms with E-state index in [1.54, 1.807) is 37.1 Å². The van der Waals surface area contributed by atoms with Crippen molar-refractivity contribution in [3.05, 3.63) is 34.2 Å². The molecule has 0 aliphatic heterocycles. The van der Waals surface area contributed by atoms with Gasteiger partial charge in [-0.2, -0.15) is 0 Å². The lowest BCUT2D eigenvalue weighted by Gasteiger charge is -2.28. The number of benzene rings is 1. The highest BCUT2D eigenvalue weighted by Crippen LogP contribution is 2.39. The summed E-state index contributed by atoms with van der Waals surface area (Å²) < 4.78 is 26.1. The van der Waals surface area contributed by atoms with Crippen molar-refractivity contribution in [2.75, 3.05) is 6.26 Å². The summed E-state index contributed by atoms with van der Waals surface area (Å²) in [5.74, 6) is 0. The van der Waals surface area contributed by atoms with E-state index in [0.717, 1.165) is 16.6 Å². The summed E-state index contributed by atoms with van der Waals surface area (Å²) in [7, 11) is 0.190. The first-order valence-corrected chi connectivity index (χ1v) is 9.28. The predicted octanol–water partition coefficient (Wildman–Crippen LogP) is 2.14. The minimum atomic E-state index is -3.24. The fourth-order valence-corrected chi connectivity index (χ4v) is 4.09. The Hall–Kier alpha value is -1.08. The van der Waals surface area contributed by atoms with Crippen LogP contribution in [-0.2, 0) is 23.9 Å². The molecular weight excluding hydrogens is 356 g/mol. The van der Waals surface area contributed by atoms with Gasteiger partial charge in [0.05, 0.1) is 20.6 Å². The minimum Gasteiger partial charge on any atom is -0.295 e. The maximum absolute atomic E-state index is 12.0. The van der Waals surface area contributed by atoms with Crippen LogP contribution in [0, 0.1) is 0 Å². The summed E-state index contributed by atoms with van der Waals surface area (Å²) in [4.78, 5) is 11.6. The van der Waals surface area contributed by atoms with Crippen LogP contribution < -0.4 is 5.69 Å². The highest BCUT2D eigenvalue weighted by Gasteiger charge is 2.38. The van der Waals surface area contributed by atoms with Crippen molar-refractivity contribution in [1.29, 1.82) is 0 Å². The van der Waals surface area contributed by atoms with E-state index < -0.39 is 14.6 Å². The van der Waals surface area contributed by atoms with Crippen LogP contribution in [0.2, 0.25) is 0 Å². The summed E-state index contributed by atoms with van der Waals surface area (Å²) in [6.45, 7) is 3.38. The SMILES string of the molecule is Cn1c(=O)n(C)c2cc(C(Br)C(C)(C)S(C)(=O)=O)ccc21. The Bertz CT molecular complexity index is 862. The van der Waals surface area contributed by atoms with Gasteiger partial charge >= 0.3 is 5.69 Å². The molecular formula is C14H19BrN2O3S. The molecule has 0 aliphatic rings. The molecule has 21 heavy (non-hydrogen) atoms. The normalized spacial score (nSPS) is 14.6. The minimum absolute atomic E-state index is 0.101. The van der Waals surface area contributed by atoms with Gasteiger partial charge in [-0.1, -0.05) is 22.0 Å². The Morgan fingerprint density at radius 3 is 2.19 bits per heavy atom. The van der Waals surface area contributed by atoms with E-state index in [4.69, 9.17) is 0 Å². The van der Waals surface area contributed by atoms with Gasteiger partial charge in [-0.25, -0.2) is 13.2 Å². The number of rotatable bonds is 3. The van der Waals surface area contributed by atoms with Crippen molar-refractivity contribution in [3.63, 3.8) is 0 Å². The van der Waals surface area contributed by atoms with E-state index in [1.165, 1.54) is 6.26 Å². The van der Waals surface area contributed by atoms with Gasteiger partial charge in [-0.15, -0.1) is 0 Å². The molecule has 0 bridgehead atoms. The Balaban J connectivity index is 2.64. The van der Waals surface area contributed by atoms with Crippen LogP contribution in [0.4, 0.5) is 0 Å². The first-order chi connectivity index (χ1) is 9.48. The average Bonchev–Trinajstić information content (AvgIpc) is 2.61. The van der Waals surface area contributed by atoms with Gasteiger partial charge in [-0.3, -0.25) is 9.13 Å². The van der Waals surface area contributed by atoms with Crippen LogP contribution in [0.1, 0.15) is 24.2 Å². The number of halogens is 1. The van der Waals surface area contributed by atoms with Crippen LogP contribution in [0.3, 0.4) is 0 Å². The molecule has 0 saturated heterocycles. The maximum Gasteiger partial charge on any atom is 0.328 e. The zero-order valence-electron chi connectivity index (χ0n) is 12.7. The zero-order valence-corrected chi connectivity index (χ0v) is 15.1. The predicted molar refractivity (Wildman–Crippen MR) is 88.8 cm³/mol. The summed E-state index contributed by atoms with van der Waals surface area (Å²) in [6.07, 6.45) is 1.23. The summed E-state index contributed by atoms with van der Waals surface area (Å²) in [5.41, 5.74) is 2.34. The number of hydrogen-bond donors (Lipinski definition) is 0. The van der Waals surface area contributed by atoms with Crippen molar-refractivity contribution >= 4 is 36.8 Å². The molecule has 0 aliphatic carbocycles. The van der Waals surface area contributed by atoms with Gasteiger partial charge in [-0.05, 0) is 31.5 Å². The second-order valence-corrected chi connectivity index (χ2v) is 9.40. The molecule has 0 amide bonds. The molecule has 1 heterocycles. The third kappa shape index (κ3) is 2.46. The molecule has 116 valence electrons. The molecule has 1 unspecified atom stereocenters. The summed E-state index contributed by atoms with van der Waals surface area (Å²) in [6, 6.07) is 5.57. The largest absolute Gasteiger partial charge is 0.328 e. The average molecular weight is 375 g/mol. The number of nitrogens with zero attached hydrogens (tertiary/aromatic N) is 2. The second kappa shape index (κ2) is 4.98. The number of hydrogen-bond acceptors (Lipinski definition) is 3. The quantitative estimate of drug-likeness (QED) is 0.773. The lowest BCUT2D eigenvalue weighted by molar-refractivity contribution is 0.548. The van der Waals surface area contributed by atoms with Crippen molar-refractivity contribution in [3.8, 4) is 0 Å². The van der Waals surface area contributed by atoms with Gasteiger partial charge in [0.1, 0.15) is 0 Å². The van der Waals surface area contributed by atoms with Gasteiger partial charge in [0, 0.05) is 20.4 Å². The van der Waals surface area contributed by atoms with Crippen molar-refractivity contribution in [2.45, 2.75) is 23.4 Å². The first kappa shape index (κ1) is 16.3. The Morgan fingerprint density at radius 1 is 1.14 bits per heavy atom. The highest BCUT2D eigenvalue weighted by atomic mass is 79.9. The molecule has 5 nitrogen and oxygen atoms in total. The van der Waals surface area contributed by atoms with Crippen LogP contribution in [0.25, 0.3) is 11.0 Å². The molecule has 2 aromatic rings. The fraction of sp³-hybridized carbons (Fsp3) is 0.500. The molecule has 0 N–H and O–H groups in total. The molecule has 7 heteroatoms. The topological polar surface area (TPSA) is 61.1 Å². The molecule has 0 fully saturated rings. The first-order valence-electron chi connectivity index (χ1n) is 6.47. The van der Waals surface area contributed by atoms with Crippen LogP contribution >= 0.6 is 15.9 Å². The number of imidazole rings is 1. The molecule has 1 atom stereocenters. The van der Waals surface area contributed by atoms with Gasteiger partial charge in [0.15, 0.2) is 9.84 Å². The zero-order chi connectivity index (χ0) is 16.2. The van der Waals surface area contributed by atoms with Crippen LogP contribution in [0.15, 0.2) is 23.0 Å². The van der Waals surface area contributed by atoms with Crippen molar-refractivity contribution in [1.82, 2.24) is 9.13 Å². The third-order valence-corrected chi connectivity index (χ3v) is 8.28. The Morgan fingerprint density at radius 2 is 1.67 bits per heavy atom. The summed E-state index contributed by atoms with van der Waals surface area (Å²) >= 11 is 3.51. The fourth-order valence-electron chi connectivity index (χ4n) is 2.27. The van der Waals surface area contributed by atoms with E-state index in [9.17, 15) is 13.2 Å². The highest BCUT2D eigenvalue weighted by molar-refractivity contribution is 9.09. The van der Waals surface area contributed by atoms with Crippen molar-refractivity contribution in [2.24, 2.45) is 14.1 Å². The van der Waals surface area contributed by atoms with Crippen molar-refractivity contribution < 1.29 is 8.42 Å². The number of aryl methyl sites for hydroxylation is 2. The standard InChI is InChI=1S/C14H19BrN2O3S/c1-14(2,21(5,19)20)12(15)9-6-7-10-11(8-9)17(4)13(18)16(10)3/h6-8,12H,1-5H3. The Kier molecular flexibility index (Phi) is 3.87. The lowest BCUT2D eigenvalue weighted by Crippen LogP contribution is -2.35. The number of aromatic nitrogens is 2. The molecule has 0 spiro atoms. The number of fused-ring (bicyclic) bond motifs is 1. The van der Waals surface area contributed by atoms with E-state index in [1.807, 2.05) is 18.2 Å². The van der Waals surface area contributed by atoms with Gasteiger partial charge in [0.25, 0.3) is 0 Å². The molecule has 1 aromatic heterocycles. The van der Waals surface area contributed by atoms with Crippen LogP contribution in [0.5, 0.6) is 0 Å². The maximum atomic E-state index is 12.0. The molecule has 2 rings (SSSR count). The monoisotopic (exact) mass is 374 g/mol. The second-order valence-electron chi connectivity index (χ2n) is 5.89. The molecule has 0 radical (unpaired) electrons. The van der Waals surface area contributed by atoms with E-state index >= 15 is 0 Å². The third-order valence-electron chi connectivity index (χ3n) is 4.15. The van der Waals surface area contributed by atoms with E-state index in [0.29, 0.717) is 0 Å². The van der Waals surface area contributed by atoms with Gasteiger partial charge < -0.3 is 0 Å².